The fraction of sp³-hybridized carbons (Fsp3) is 0.182. The first-order valence-corrected chi connectivity index (χ1v) is 10.0. The minimum Gasteiger partial charge on any atom is -0.287 e. The van der Waals surface area contributed by atoms with Crippen molar-refractivity contribution in [2.45, 2.75) is 6.04 Å². The van der Waals surface area contributed by atoms with E-state index < -0.39 is 6.04 Å². The van der Waals surface area contributed by atoms with E-state index in [0.29, 0.717) is 16.8 Å². The highest BCUT2D eigenvalue weighted by atomic mass is 32.1. The molecule has 142 valence electrons. The summed E-state index contributed by atoms with van der Waals surface area (Å²) in [6.07, 6.45) is 0. The van der Waals surface area contributed by atoms with Gasteiger partial charge in [-0.3, -0.25) is 20.0 Å². The number of halogens is 1. The van der Waals surface area contributed by atoms with Gasteiger partial charge in [-0.05, 0) is 35.7 Å². The van der Waals surface area contributed by atoms with Gasteiger partial charge in [0.1, 0.15) is 18.2 Å². The number of benzodiazepines with no additional fused rings is 1. The van der Waals surface area contributed by atoms with E-state index in [9.17, 15) is 9.18 Å². The molecular formula is C22H21FN3OS+. The van der Waals surface area contributed by atoms with Crippen molar-refractivity contribution in [3.63, 3.8) is 0 Å². The topological polar surface area (TPSA) is 55.4 Å². The predicted octanol–water partition coefficient (Wildman–Crippen LogP) is 3.84. The van der Waals surface area contributed by atoms with Gasteiger partial charge in [-0.2, -0.15) is 11.3 Å². The lowest BCUT2D eigenvalue weighted by molar-refractivity contribution is 0.0868. The van der Waals surface area contributed by atoms with Crippen LogP contribution in [0.2, 0.25) is 0 Å². The van der Waals surface area contributed by atoms with E-state index >= 15 is 0 Å². The van der Waals surface area contributed by atoms with Crippen molar-refractivity contribution in [3.8, 4) is 0 Å². The van der Waals surface area contributed by atoms with Crippen LogP contribution in [-0.4, -0.2) is 37.8 Å². The van der Waals surface area contributed by atoms with Crippen LogP contribution in [0.25, 0.3) is 0 Å². The van der Waals surface area contributed by atoms with E-state index in [1.807, 2.05) is 48.1 Å². The summed E-state index contributed by atoms with van der Waals surface area (Å²) in [6.45, 7) is 0.471. The fourth-order valence-electron chi connectivity index (χ4n) is 3.78. The Hall–Kier alpha value is -2.67. The van der Waals surface area contributed by atoms with E-state index in [1.165, 1.54) is 17.4 Å². The second kappa shape index (κ2) is 7.39. The lowest BCUT2D eigenvalue weighted by atomic mass is 9.98. The van der Waals surface area contributed by atoms with E-state index in [2.05, 4.69) is 0 Å². The zero-order chi connectivity index (χ0) is 19.7. The van der Waals surface area contributed by atoms with E-state index in [1.54, 1.807) is 18.2 Å². The molecule has 4 nitrogen and oxygen atoms in total. The van der Waals surface area contributed by atoms with Crippen molar-refractivity contribution < 1.29 is 9.18 Å². The zero-order valence-corrected chi connectivity index (χ0v) is 16.3. The van der Waals surface area contributed by atoms with Gasteiger partial charge in [-0.15, -0.1) is 0 Å². The second-order valence-corrected chi connectivity index (χ2v) is 7.81. The van der Waals surface area contributed by atoms with Gasteiger partial charge in [0.15, 0.2) is 6.04 Å². The number of thiophene rings is 1. The summed E-state index contributed by atoms with van der Waals surface area (Å²) in [4.78, 5) is 18.0. The van der Waals surface area contributed by atoms with Crippen LogP contribution in [0.1, 0.15) is 21.5 Å². The van der Waals surface area contributed by atoms with Crippen LogP contribution in [0.3, 0.4) is 0 Å². The molecule has 0 saturated carbocycles. The first kappa shape index (κ1) is 18.7. The van der Waals surface area contributed by atoms with Crippen LogP contribution in [0.5, 0.6) is 0 Å². The molecule has 0 radical (unpaired) electrons. The molecule has 1 aromatic heterocycles. The number of quaternary nitrogens is 1. The van der Waals surface area contributed by atoms with Crippen molar-refractivity contribution in [2.24, 2.45) is 10.7 Å². The number of likely N-dealkylation sites (N-methyl/N-ethyl adjacent to an activating group) is 1. The molecule has 0 amide bonds. The largest absolute Gasteiger partial charge is 0.287 e. The summed E-state index contributed by atoms with van der Waals surface area (Å²) >= 11 is 1.49. The van der Waals surface area contributed by atoms with Gasteiger partial charge in [0.2, 0.25) is 5.78 Å². The lowest BCUT2D eigenvalue weighted by Crippen LogP contribution is -2.61. The molecule has 0 fully saturated rings. The number of nitrogens with two attached hydrogens (primary N) is 1. The summed E-state index contributed by atoms with van der Waals surface area (Å²) < 4.78 is 14.8. The molecule has 0 bridgehead atoms. The Labute approximate surface area is 167 Å². The van der Waals surface area contributed by atoms with Crippen LogP contribution in [0.15, 0.2) is 70.3 Å². The van der Waals surface area contributed by atoms with Crippen molar-refractivity contribution in [1.82, 2.24) is 4.48 Å². The molecule has 1 aliphatic heterocycles. The molecule has 2 unspecified atom stereocenters. The maximum atomic E-state index is 14.6. The molecule has 1 aliphatic rings. The third kappa shape index (κ3) is 2.99. The number of hydrogen-bond donors (Lipinski definition) is 1. The third-order valence-corrected chi connectivity index (χ3v) is 6.12. The highest BCUT2D eigenvalue weighted by molar-refractivity contribution is 7.08. The first-order chi connectivity index (χ1) is 13.6. The molecule has 0 spiro atoms. The number of fused-ring (bicyclic) bond motifs is 1. The minimum absolute atomic E-state index is 0.00235. The Bertz CT molecular complexity index is 1050. The number of carbonyl (C=O) groups is 1. The molecule has 3 aromatic rings. The fourth-order valence-corrected chi connectivity index (χ4v) is 4.42. The van der Waals surface area contributed by atoms with E-state index in [-0.39, 0.29) is 29.3 Å². The molecular weight excluding hydrogens is 373 g/mol. The zero-order valence-electron chi connectivity index (χ0n) is 15.5. The second-order valence-electron chi connectivity index (χ2n) is 7.03. The molecule has 2 N–H and O–H groups in total. The van der Waals surface area contributed by atoms with Gasteiger partial charge in [0, 0.05) is 16.5 Å². The molecule has 28 heavy (non-hydrogen) atoms. The minimum atomic E-state index is -0.481. The van der Waals surface area contributed by atoms with Gasteiger partial charge in [-0.1, -0.05) is 24.3 Å². The van der Waals surface area contributed by atoms with Crippen LogP contribution >= 0.6 is 11.3 Å². The number of Topliss-reactive ketones (excluding diaryl/α,β-unsaturated/α-hetero) is 1. The summed E-state index contributed by atoms with van der Waals surface area (Å²) in [5.41, 5.74) is 9.55. The van der Waals surface area contributed by atoms with Crippen molar-refractivity contribution in [1.29, 1.82) is 0 Å². The molecule has 4 rings (SSSR count). The number of benzene rings is 2. The van der Waals surface area contributed by atoms with Crippen molar-refractivity contribution >= 4 is 28.5 Å². The Balaban J connectivity index is 1.92. The Morgan fingerprint density at radius 3 is 2.57 bits per heavy atom. The Morgan fingerprint density at radius 2 is 1.89 bits per heavy atom. The number of rotatable bonds is 4. The average Bonchev–Trinajstić information content (AvgIpc) is 3.22. The first-order valence-electron chi connectivity index (χ1n) is 9.07. The average molecular weight is 394 g/mol. The summed E-state index contributed by atoms with van der Waals surface area (Å²) in [7, 11) is 1.95. The molecule has 2 atom stereocenters. The van der Waals surface area contributed by atoms with E-state index in [0.717, 1.165) is 11.3 Å². The number of carbonyl (C=O) groups excluding carboxylic acids is 1. The SMILES string of the molecule is C[N+]1(CN)c2ccccc2C(c2ccccc2F)=NCC1C(=O)c1ccsc1. The van der Waals surface area contributed by atoms with Gasteiger partial charge in [-0.25, -0.2) is 4.39 Å². The quantitative estimate of drug-likeness (QED) is 0.540. The van der Waals surface area contributed by atoms with Crippen molar-refractivity contribution in [3.05, 3.63) is 87.9 Å². The number of para-hydroxylation sites is 1. The number of nitrogens with zero attached hydrogens (tertiary/aromatic N) is 2. The van der Waals surface area contributed by atoms with Gasteiger partial charge in [0.25, 0.3) is 0 Å². The highest BCUT2D eigenvalue weighted by Crippen LogP contribution is 2.34. The molecule has 2 heterocycles. The lowest BCUT2D eigenvalue weighted by Gasteiger charge is -2.38. The smallest absolute Gasteiger partial charge is 0.223 e. The molecule has 6 heteroatoms. The number of ketones is 1. The van der Waals surface area contributed by atoms with Crippen LogP contribution in [0, 0.1) is 5.82 Å². The third-order valence-electron chi connectivity index (χ3n) is 5.44. The summed E-state index contributed by atoms with van der Waals surface area (Å²) in [5.74, 6) is -0.330. The van der Waals surface area contributed by atoms with Crippen LogP contribution in [0.4, 0.5) is 10.1 Å². The number of aliphatic imine (C=N–C) groups is 1. The Kier molecular flexibility index (Phi) is 4.93. The summed E-state index contributed by atoms with van der Waals surface area (Å²) in [6, 6.07) is 15.6. The standard InChI is InChI=1S/C22H21FN3OS/c1-26(14-24)19-9-5-3-7-17(19)21(16-6-2-4-8-18(16)23)25-12-20(26)22(27)15-10-11-28-13-15/h2-11,13,20H,12,14,24H2,1H3/q+1. The van der Waals surface area contributed by atoms with Gasteiger partial charge < -0.3 is 0 Å². The molecule has 2 aromatic carbocycles. The maximum Gasteiger partial charge on any atom is 0.223 e. The highest BCUT2D eigenvalue weighted by Gasteiger charge is 2.43. The Morgan fingerprint density at radius 1 is 1.18 bits per heavy atom. The number of hydrogen-bond acceptors (Lipinski definition) is 4. The predicted molar refractivity (Wildman–Crippen MR) is 113 cm³/mol. The van der Waals surface area contributed by atoms with Crippen LogP contribution in [-0.2, 0) is 0 Å². The van der Waals surface area contributed by atoms with E-state index in [4.69, 9.17) is 10.7 Å². The summed E-state index contributed by atoms with van der Waals surface area (Å²) in [5, 5.41) is 3.74. The maximum absolute atomic E-state index is 14.6. The monoisotopic (exact) mass is 394 g/mol. The molecule has 0 aliphatic carbocycles. The normalized spacial score (nSPS) is 21.5. The van der Waals surface area contributed by atoms with Crippen molar-refractivity contribution in [2.75, 3.05) is 20.3 Å². The van der Waals surface area contributed by atoms with Gasteiger partial charge in [0.05, 0.1) is 24.9 Å². The van der Waals surface area contributed by atoms with Crippen LogP contribution < -0.4 is 10.2 Å². The van der Waals surface area contributed by atoms with Gasteiger partial charge >= 0.3 is 0 Å². The molecule has 0 saturated heterocycles.